The van der Waals surface area contributed by atoms with Gasteiger partial charge in [-0.3, -0.25) is 4.79 Å². The largest absolute Gasteiger partial charge is 0.469 e. The lowest BCUT2D eigenvalue weighted by Crippen LogP contribution is -2.16. The van der Waals surface area contributed by atoms with E-state index in [1.807, 2.05) is 20.8 Å². The Kier molecular flexibility index (Phi) is 2.86. The zero-order chi connectivity index (χ0) is 12.6. The van der Waals surface area contributed by atoms with Gasteiger partial charge in [-0.1, -0.05) is 32.1 Å². The number of ether oxygens (including phenoxy) is 1. The number of esters is 1. The summed E-state index contributed by atoms with van der Waals surface area (Å²) in [6, 6.07) is 0. The van der Waals surface area contributed by atoms with Gasteiger partial charge in [0.15, 0.2) is 5.82 Å². The lowest BCUT2D eigenvalue weighted by Gasteiger charge is -2.13. The highest BCUT2D eigenvalue weighted by Crippen LogP contribution is 2.23. The summed E-state index contributed by atoms with van der Waals surface area (Å²) in [5, 5.41) is 13.2. The number of fused-ring (bicyclic) bond motifs is 1. The van der Waals surface area contributed by atoms with E-state index in [9.17, 15) is 4.79 Å². The molecule has 2 rings (SSSR count). The normalized spacial score (nSPS) is 12.0. The van der Waals surface area contributed by atoms with Crippen molar-refractivity contribution in [3.63, 3.8) is 0 Å². The van der Waals surface area contributed by atoms with E-state index in [-0.39, 0.29) is 17.8 Å². The SMILES string of the molecule is COC(=O)Cc1nn2c(C(C)(C)C)nnc2s1. The van der Waals surface area contributed by atoms with E-state index in [0.717, 1.165) is 5.82 Å². The second kappa shape index (κ2) is 4.06. The molecule has 0 fully saturated rings. The molecule has 0 saturated carbocycles. The van der Waals surface area contributed by atoms with Crippen molar-refractivity contribution in [2.75, 3.05) is 7.11 Å². The summed E-state index contributed by atoms with van der Waals surface area (Å²) in [5.41, 5.74) is -0.129. The molecule has 7 heteroatoms. The van der Waals surface area contributed by atoms with Crippen LogP contribution in [-0.4, -0.2) is 32.9 Å². The molecule has 0 radical (unpaired) electrons. The first-order valence-corrected chi connectivity index (χ1v) is 6.02. The van der Waals surface area contributed by atoms with Gasteiger partial charge >= 0.3 is 5.97 Å². The molecule has 0 amide bonds. The summed E-state index contributed by atoms with van der Waals surface area (Å²) in [5.74, 6) is 0.493. The first-order valence-electron chi connectivity index (χ1n) is 5.20. The maximum atomic E-state index is 11.2. The minimum Gasteiger partial charge on any atom is -0.469 e. The molecule has 92 valence electrons. The Morgan fingerprint density at radius 3 is 2.71 bits per heavy atom. The minimum absolute atomic E-state index is 0.129. The van der Waals surface area contributed by atoms with Gasteiger partial charge in [-0.2, -0.15) is 9.61 Å². The van der Waals surface area contributed by atoms with Crippen LogP contribution in [0.25, 0.3) is 4.96 Å². The Hall–Kier alpha value is -1.50. The number of nitrogens with zero attached hydrogens (tertiary/aromatic N) is 4. The van der Waals surface area contributed by atoms with E-state index >= 15 is 0 Å². The molecular weight excluding hydrogens is 240 g/mol. The van der Waals surface area contributed by atoms with Crippen molar-refractivity contribution < 1.29 is 9.53 Å². The summed E-state index contributed by atoms with van der Waals surface area (Å²) >= 11 is 1.36. The van der Waals surface area contributed by atoms with Crippen LogP contribution < -0.4 is 0 Å². The fourth-order valence-electron chi connectivity index (χ4n) is 1.39. The number of aromatic nitrogens is 4. The molecule has 2 heterocycles. The van der Waals surface area contributed by atoms with Gasteiger partial charge in [0.05, 0.1) is 13.5 Å². The number of hydrogen-bond acceptors (Lipinski definition) is 6. The van der Waals surface area contributed by atoms with E-state index < -0.39 is 0 Å². The second-order valence-electron chi connectivity index (χ2n) is 4.72. The van der Waals surface area contributed by atoms with Crippen molar-refractivity contribution in [1.82, 2.24) is 19.8 Å². The molecule has 0 spiro atoms. The molecule has 2 aromatic heterocycles. The lowest BCUT2D eigenvalue weighted by molar-refractivity contribution is -0.139. The average Bonchev–Trinajstić information content (AvgIpc) is 2.74. The molecule has 0 aliphatic carbocycles. The van der Waals surface area contributed by atoms with Crippen molar-refractivity contribution in [3.05, 3.63) is 10.8 Å². The van der Waals surface area contributed by atoms with E-state index in [4.69, 9.17) is 0 Å². The van der Waals surface area contributed by atoms with Crippen LogP contribution in [-0.2, 0) is 21.4 Å². The third kappa shape index (κ3) is 2.28. The van der Waals surface area contributed by atoms with E-state index in [1.54, 1.807) is 4.52 Å². The minimum atomic E-state index is -0.299. The molecule has 0 N–H and O–H groups in total. The summed E-state index contributed by atoms with van der Waals surface area (Å²) in [7, 11) is 1.36. The molecule has 6 nitrogen and oxygen atoms in total. The molecule has 0 aliphatic heterocycles. The maximum absolute atomic E-state index is 11.2. The van der Waals surface area contributed by atoms with Gasteiger partial charge < -0.3 is 4.74 Å². The highest BCUT2D eigenvalue weighted by Gasteiger charge is 2.23. The third-order valence-corrected chi connectivity index (χ3v) is 3.13. The molecule has 17 heavy (non-hydrogen) atoms. The zero-order valence-electron chi connectivity index (χ0n) is 10.2. The van der Waals surface area contributed by atoms with Crippen LogP contribution in [0.2, 0.25) is 0 Å². The van der Waals surface area contributed by atoms with Crippen LogP contribution in [0, 0.1) is 0 Å². The fraction of sp³-hybridized carbons (Fsp3) is 0.600. The second-order valence-corrected chi connectivity index (χ2v) is 5.76. The highest BCUT2D eigenvalue weighted by molar-refractivity contribution is 7.16. The van der Waals surface area contributed by atoms with Crippen molar-refractivity contribution in [1.29, 1.82) is 0 Å². The Balaban J connectivity index is 2.38. The third-order valence-electron chi connectivity index (χ3n) is 2.23. The Morgan fingerprint density at radius 2 is 2.12 bits per heavy atom. The molecule has 2 aromatic rings. The number of carbonyl (C=O) groups is 1. The van der Waals surface area contributed by atoms with Crippen LogP contribution in [0.1, 0.15) is 31.6 Å². The van der Waals surface area contributed by atoms with Crippen molar-refractivity contribution in [2.45, 2.75) is 32.6 Å². The summed E-state index contributed by atoms with van der Waals surface area (Å²) in [6.45, 7) is 6.13. The quantitative estimate of drug-likeness (QED) is 0.753. The smallest absolute Gasteiger partial charge is 0.312 e. The molecular formula is C10H14N4O2S. The molecule has 0 aliphatic rings. The van der Waals surface area contributed by atoms with Crippen LogP contribution in [0.15, 0.2) is 0 Å². The van der Waals surface area contributed by atoms with E-state index in [1.165, 1.54) is 18.4 Å². The molecule has 0 aromatic carbocycles. The standard InChI is InChI=1S/C10H14N4O2S/c1-10(2,3)8-11-12-9-14(8)13-6(17-9)5-7(15)16-4/h5H2,1-4H3. The van der Waals surface area contributed by atoms with Gasteiger partial charge in [-0.25, -0.2) is 0 Å². The van der Waals surface area contributed by atoms with Gasteiger partial charge in [0.1, 0.15) is 5.01 Å². The highest BCUT2D eigenvalue weighted by atomic mass is 32.1. The maximum Gasteiger partial charge on any atom is 0.312 e. The van der Waals surface area contributed by atoms with E-state index in [0.29, 0.717) is 9.97 Å². The molecule has 0 bridgehead atoms. The average molecular weight is 254 g/mol. The molecule has 0 unspecified atom stereocenters. The van der Waals surface area contributed by atoms with Gasteiger partial charge in [0.25, 0.3) is 0 Å². The zero-order valence-corrected chi connectivity index (χ0v) is 11.0. The Bertz CT molecular complexity index is 552. The fourth-order valence-corrected chi connectivity index (χ4v) is 2.21. The molecule has 0 saturated heterocycles. The number of rotatable bonds is 2. The first-order chi connectivity index (χ1) is 7.91. The Morgan fingerprint density at radius 1 is 1.41 bits per heavy atom. The van der Waals surface area contributed by atoms with Gasteiger partial charge in [0, 0.05) is 5.41 Å². The van der Waals surface area contributed by atoms with Crippen molar-refractivity contribution >= 4 is 22.3 Å². The van der Waals surface area contributed by atoms with Gasteiger partial charge in [0.2, 0.25) is 4.96 Å². The molecule has 0 atom stereocenters. The van der Waals surface area contributed by atoms with Crippen molar-refractivity contribution in [3.8, 4) is 0 Å². The lowest BCUT2D eigenvalue weighted by atomic mass is 9.96. The van der Waals surface area contributed by atoms with Crippen LogP contribution in [0.5, 0.6) is 0 Å². The monoisotopic (exact) mass is 254 g/mol. The Labute approximate surface area is 103 Å². The predicted octanol–water partition coefficient (Wildman–Crippen LogP) is 1.20. The predicted molar refractivity (Wildman–Crippen MR) is 63.1 cm³/mol. The number of carbonyl (C=O) groups excluding carboxylic acids is 1. The van der Waals surface area contributed by atoms with Crippen LogP contribution in [0.3, 0.4) is 0 Å². The summed E-state index contributed by atoms with van der Waals surface area (Å²) in [6.07, 6.45) is 0.175. The van der Waals surface area contributed by atoms with E-state index in [2.05, 4.69) is 20.0 Å². The van der Waals surface area contributed by atoms with Crippen molar-refractivity contribution in [2.24, 2.45) is 0 Å². The van der Waals surface area contributed by atoms with Crippen LogP contribution >= 0.6 is 11.3 Å². The van der Waals surface area contributed by atoms with Gasteiger partial charge in [-0.05, 0) is 0 Å². The summed E-state index contributed by atoms with van der Waals surface area (Å²) < 4.78 is 6.30. The number of methoxy groups -OCH3 is 1. The topological polar surface area (TPSA) is 69.4 Å². The summed E-state index contributed by atoms with van der Waals surface area (Å²) in [4.78, 5) is 11.9. The van der Waals surface area contributed by atoms with Gasteiger partial charge in [-0.15, -0.1) is 10.2 Å². The van der Waals surface area contributed by atoms with Crippen LogP contribution in [0.4, 0.5) is 0 Å². The number of hydrogen-bond donors (Lipinski definition) is 0. The first kappa shape index (κ1) is 12.0.